The first-order chi connectivity index (χ1) is 8.60. The summed E-state index contributed by atoms with van der Waals surface area (Å²) in [5.74, 6) is 1.57. The van der Waals surface area contributed by atoms with Gasteiger partial charge in [-0.2, -0.15) is 0 Å². The number of ether oxygens (including phenoxy) is 1. The molecule has 0 heterocycles. The van der Waals surface area contributed by atoms with Crippen LogP contribution < -0.4 is 4.74 Å². The molecular weight excluding hydrogens is 224 g/mol. The van der Waals surface area contributed by atoms with E-state index in [1.807, 2.05) is 12.1 Å². The van der Waals surface area contributed by atoms with Crippen LogP contribution in [0.1, 0.15) is 27.0 Å². The van der Waals surface area contributed by atoms with E-state index in [4.69, 9.17) is 4.74 Å². The monoisotopic (exact) mass is 240 g/mol. The Morgan fingerprint density at radius 3 is 1.94 bits per heavy atom. The highest BCUT2D eigenvalue weighted by Gasteiger charge is 2.03. The Balaban J connectivity index is 2.25. The topological polar surface area (TPSA) is 26.3 Å². The zero-order valence-corrected chi connectivity index (χ0v) is 10.9. The van der Waals surface area contributed by atoms with Crippen molar-refractivity contribution in [3.63, 3.8) is 0 Å². The number of hydrogen-bond acceptors (Lipinski definition) is 2. The molecule has 0 aliphatic heterocycles. The van der Waals surface area contributed by atoms with Gasteiger partial charge in [-0.25, -0.2) is 0 Å². The highest BCUT2D eigenvalue weighted by atomic mass is 16.5. The third kappa shape index (κ3) is 2.59. The van der Waals surface area contributed by atoms with Gasteiger partial charge < -0.3 is 4.74 Å². The summed E-state index contributed by atoms with van der Waals surface area (Å²) in [6.45, 7) is 6.25. The molecule has 0 saturated carbocycles. The highest BCUT2D eigenvalue weighted by molar-refractivity contribution is 5.74. The van der Waals surface area contributed by atoms with E-state index in [0.717, 1.165) is 17.8 Å². The Morgan fingerprint density at radius 1 is 0.889 bits per heavy atom. The first-order valence-electron chi connectivity index (χ1n) is 5.91. The molecule has 2 nitrogen and oxygen atoms in total. The van der Waals surface area contributed by atoms with E-state index in [-0.39, 0.29) is 0 Å². The lowest BCUT2D eigenvalue weighted by Crippen LogP contribution is -1.90. The van der Waals surface area contributed by atoms with Crippen molar-refractivity contribution in [2.45, 2.75) is 20.8 Å². The lowest BCUT2D eigenvalue weighted by atomic mass is 10.0. The summed E-state index contributed by atoms with van der Waals surface area (Å²) in [5.41, 5.74) is 4.38. The molecule has 0 fully saturated rings. The van der Waals surface area contributed by atoms with Gasteiger partial charge in [-0.3, -0.25) is 4.79 Å². The molecule has 0 radical (unpaired) electrons. The van der Waals surface area contributed by atoms with Crippen LogP contribution in [-0.2, 0) is 0 Å². The molecule has 0 bridgehead atoms. The summed E-state index contributed by atoms with van der Waals surface area (Å²) in [7, 11) is 0. The minimum absolute atomic E-state index is 0.651. The standard InChI is InChI=1S/C16H16O2/c1-11-8-16(9-12(2)13(11)3)18-15-6-4-14(10-17)5-7-15/h4-10H,1-3H3. The molecule has 2 aromatic rings. The summed E-state index contributed by atoms with van der Waals surface area (Å²) in [5, 5.41) is 0. The van der Waals surface area contributed by atoms with Crippen LogP contribution in [0, 0.1) is 20.8 Å². The highest BCUT2D eigenvalue weighted by Crippen LogP contribution is 2.26. The van der Waals surface area contributed by atoms with E-state index in [1.54, 1.807) is 24.3 Å². The maximum Gasteiger partial charge on any atom is 0.150 e. The van der Waals surface area contributed by atoms with Gasteiger partial charge in [-0.05, 0) is 73.9 Å². The molecular formula is C16H16O2. The van der Waals surface area contributed by atoms with Gasteiger partial charge in [0.1, 0.15) is 17.8 Å². The van der Waals surface area contributed by atoms with Gasteiger partial charge in [-0.1, -0.05) is 0 Å². The van der Waals surface area contributed by atoms with Crippen LogP contribution in [0.3, 0.4) is 0 Å². The van der Waals surface area contributed by atoms with Gasteiger partial charge >= 0.3 is 0 Å². The molecule has 0 atom stereocenters. The molecule has 0 N–H and O–H groups in total. The van der Waals surface area contributed by atoms with Gasteiger partial charge in [0.25, 0.3) is 0 Å². The van der Waals surface area contributed by atoms with E-state index in [9.17, 15) is 4.79 Å². The SMILES string of the molecule is Cc1cc(Oc2ccc(C=O)cc2)cc(C)c1C. The minimum Gasteiger partial charge on any atom is -0.457 e. The Bertz CT molecular complexity index is 545. The first-order valence-corrected chi connectivity index (χ1v) is 5.91. The van der Waals surface area contributed by atoms with E-state index >= 15 is 0 Å². The smallest absolute Gasteiger partial charge is 0.150 e. The third-order valence-corrected chi connectivity index (χ3v) is 3.15. The Kier molecular flexibility index (Phi) is 3.47. The zero-order chi connectivity index (χ0) is 13.1. The number of carbonyl (C=O) groups is 1. The lowest BCUT2D eigenvalue weighted by molar-refractivity contribution is 0.112. The van der Waals surface area contributed by atoms with Crippen molar-refractivity contribution in [1.29, 1.82) is 0 Å². The average molecular weight is 240 g/mol. The lowest BCUT2D eigenvalue weighted by Gasteiger charge is -2.10. The third-order valence-electron chi connectivity index (χ3n) is 3.15. The Labute approximate surface area is 107 Å². The second-order valence-corrected chi connectivity index (χ2v) is 4.47. The number of aldehydes is 1. The minimum atomic E-state index is 0.651. The maximum absolute atomic E-state index is 10.6. The number of rotatable bonds is 3. The molecule has 0 aliphatic rings. The summed E-state index contributed by atoms with van der Waals surface area (Å²) in [4.78, 5) is 10.6. The molecule has 92 valence electrons. The van der Waals surface area contributed by atoms with Crippen LogP contribution in [0.15, 0.2) is 36.4 Å². The molecule has 0 amide bonds. The van der Waals surface area contributed by atoms with Crippen molar-refractivity contribution in [1.82, 2.24) is 0 Å². The Morgan fingerprint density at radius 2 is 1.44 bits per heavy atom. The molecule has 18 heavy (non-hydrogen) atoms. The van der Waals surface area contributed by atoms with Crippen molar-refractivity contribution in [3.8, 4) is 11.5 Å². The molecule has 0 spiro atoms. The second kappa shape index (κ2) is 5.05. The summed E-state index contributed by atoms with van der Waals surface area (Å²) in [6, 6.07) is 11.1. The quantitative estimate of drug-likeness (QED) is 0.751. The van der Waals surface area contributed by atoms with Gasteiger partial charge in [-0.15, -0.1) is 0 Å². The summed E-state index contributed by atoms with van der Waals surface area (Å²) in [6.07, 6.45) is 0.823. The predicted octanol–water partition coefficient (Wildman–Crippen LogP) is 4.22. The van der Waals surface area contributed by atoms with E-state index in [1.165, 1.54) is 16.7 Å². The van der Waals surface area contributed by atoms with Gasteiger partial charge in [0.15, 0.2) is 0 Å². The van der Waals surface area contributed by atoms with Gasteiger partial charge in [0.2, 0.25) is 0 Å². The zero-order valence-electron chi connectivity index (χ0n) is 10.9. The van der Waals surface area contributed by atoms with Crippen LogP contribution in [0.2, 0.25) is 0 Å². The molecule has 0 aliphatic carbocycles. The molecule has 0 aromatic heterocycles. The molecule has 0 unspecified atom stereocenters. The molecule has 0 saturated heterocycles. The molecule has 2 rings (SSSR count). The summed E-state index contributed by atoms with van der Waals surface area (Å²) < 4.78 is 5.78. The normalized spacial score (nSPS) is 10.2. The van der Waals surface area contributed by atoms with Crippen LogP contribution in [0.5, 0.6) is 11.5 Å². The first kappa shape index (κ1) is 12.4. The second-order valence-electron chi connectivity index (χ2n) is 4.47. The fourth-order valence-corrected chi connectivity index (χ4v) is 1.81. The molecule has 2 heteroatoms. The van der Waals surface area contributed by atoms with E-state index < -0.39 is 0 Å². The average Bonchev–Trinajstić information content (AvgIpc) is 2.37. The summed E-state index contributed by atoms with van der Waals surface area (Å²) >= 11 is 0. The van der Waals surface area contributed by atoms with Crippen molar-refractivity contribution < 1.29 is 9.53 Å². The fraction of sp³-hybridized carbons (Fsp3) is 0.188. The van der Waals surface area contributed by atoms with Crippen molar-refractivity contribution in [2.24, 2.45) is 0 Å². The molecule has 2 aromatic carbocycles. The van der Waals surface area contributed by atoms with E-state index in [0.29, 0.717) is 5.56 Å². The van der Waals surface area contributed by atoms with Crippen LogP contribution >= 0.6 is 0 Å². The fourth-order valence-electron chi connectivity index (χ4n) is 1.81. The largest absolute Gasteiger partial charge is 0.457 e. The van der Waals surface area contributed by atoms with Crippen molar-refractivity contribution in [2.75, 3.05) is 0 Å². The Hall–Kier alpha value is -2.09. The van der Waals surface area contributed by atoms with Gasteiger partial charge in [0, 0.05) is 5.56 Å². The van der Waals surface area contributed by atoms with Crippen LogP contribution in [0.4, 0.5) is 0 Å². The van der Waals surface area contributed by atoms with Crippen molar-refractivity contribution in [3.05, 3.63) is 58.7 Å². The van der Waals surface area contributed by atoms with Crippen LogP contribution in [-0.4, -0.2) is 6.29 Å². The maximum atomic E-state index is 10.6. The van der Waals surface area contributed by atoms with E-state index in [2.05, 4.69) is 20.8 Å². The predicted molar refractivity (Wildman–Crippen MR) is 72.6 cm³/mol. The van der Waals surface area contributed by atoms with Gasteiger partial charge in [0.05, 0.1) is 0 Å². The number of hydrogen-bond donors (Lipinski definition) is 0. The number of benzene rings is 2. The number of aryl methyl sites for hydroxylation is 2. The number of carbonyl (C=O) groups excluding carboxylic acids is 1. The van der Waals surface area contributed by atoms with Crippen molar-refractivity contribution >= 4 is 6.29 Å². The van der Waals surface area contributed by atoms with Crippen LogP contribution in [0.25, 0.3) is 0 Å².